The Balaban J connectivity index is 1.52. The lowest BCUT2D eigenvalue weighted by Crippen LogP contribution is -2.43. The molecule has 2 fully saturated rings. The molecule has 1 N–H and O–H groups in total. The van der Waals surface area contributed by atoms with E-state index in [0.717, 1.165) is 53.8 Å². The third kappa shape index (κ3) is 4.16. The van der Waals surface area contributed by atoms with E-state index in [1.807, 2.05) is 37.3 Å². The summed E-state index contributed by atoms with van der Waals surface area (Å²) in [5.41, 5.74) is 3.00. The van der Waals surface area contributed by atoms with Gasteiger partial charge in [-0.2, -0.15) is 0 Å². The summed E-state index contributed by atoms with van der Waals surface area (Å²) in [6.07, 6.45) is 6.31. The fourth-order valence-electron chi connectivity index (χ4n) is 6.07. The van der Waals surface area contributed by atoms with E-state index in [4.69, 9.17) is 14.2 Å². The number of nitrogens with zero attached hydrogens (tertiary/aromatic N) is 1. The number of ether oxygens (including phenoxy) is 3. The lowest BCUT2D eigenvalue weighted by molar-refractivity contribution is -0.121. The summed E-state index contributed by atoms with van der Waals surface area (Å²) in [7, 11) is 1.65. The van der Waals surface area contributed by atoms with Crippen molar-refractivity contribution in [1.82, 2.24) is 4.90 Å². The molecule has 0 radical (unpaired) electrons. The first-order valence-electron chi connectivity index (χ1n) is 12.7. The number of anilines is 1. The van der Waals surface area contributed by atoms with Crippen LogP contribution in [0.15, 0.2) is 36.4 Å². The highest BCUT2D eigenvalue weighted by atomic mass is 16.6. The summed E-state index contributed by atoms with van der Waals surface area (Å²) in [4.78, 5) is 28.1. The van der Waals surface area contributed by atoms with Crippen molar-refractivity contribution in [2.24, 2.45) is 5.92 Å². The molecule has 0 bridgehead atoms. The third-order valence-electron chi connectivity index (χ3n) is 7.91. The molecule has 2 amide bonds. The number of fused-ring (bicyclic) bond motifs is 1. The standard InChI is InChI=1S/C28H34N2O5/c1-19-24(33-2)14-13-23-25(19)29-26(31)28(23,20-7-5-3-4-6-8-20)21-9-11-22(12-10-21)35-27(32)30-15-17-34-18-16-30/h9-14,20H,3-8,15-18H2,1-2H3,(H,29,31). The Hall–Kier alpha value is -3.06. The number of nitrogens with one attached hydrogen (secondary N) is 1. The Labute approximate surface area is 206 Å². The molecule has 0 spiro atoms. The van der Waals surface area contributed by atoms with Gasteiger partial charge in [0.05, 0.1) is 26.0 Å². The molecule has 186 valence electrons. The minimum Gasteiger partial charge on any atom is -0.496 e. The Bertz CT molecular complexity index is 1090. The monoisotopic (exact) mass is 478 g/mol. The van der Waals surface area contributed by atoms with Crippen molar-refractivity contribution in [3.05, 3.63) is 53.1 Å². The Morgan fingerprint density at radius 2 is 1.71 bits per heavy atom. The molecule has 2 aliphatic heterocycles. The second-order valence-corrected chi connectivity index (χ2v) is 9.76. The van der Waals surface area contributed by atoms with Gasteiger partial charge in [0.25, 0.3) is 0 Å². The van der Waals surface area contributed by atoms with E-state index in [-0.39, 0.29) is 17.9 Å². The van der Waals surface area contributed by atoms with E-state index in [9.17, 15) is 9.59 Å². The quantitative estimate of drug-likeness (QED) is 0.623. The Morgan fingerprint density at radius 3 is 2.37 bits per heavy atom. The molecule has 2 heterocycles. The maximum absolute atomic E-state index is 13.9. The molecule has 1 unspecified atom stereocenters. The second-order valence-electron chi connectivity index (χ2n) is 9.76. The van der Waals surface area contributed by atoms with Gasteiger partial charge in [0.15, 0.2) is 0 Å². The van der Waals surface area contributed by atoms with Crippen LogP contribution < -0.4 is 14.8 Å². The summed E-state index contributed by atoms with van der Waals surface area (Å²) < 4.78 is 16.5. The number of carbonyl (C=O) groups is 2. The average molecular weight is 479 g/mol. The van der Waals surface area contributed by atoms with Crippen LogP contribution >= 0.6 is 0 Å². The first-order valence-corrected chi connectivity index (χ1v) is 12.7. The minimum atomic E-state index is -0.774. The van der Waals surface area contributed by atoms with Crippen LogP contribution in [0.1, 0.15) is 55.2 Å². The Morgan fingerprint density at radius 1 is 1.03 bits per heavy atom. The highest BCUT2D eigenvalue weighted by Gasteiger charge is 2.53. The molecule has 2 aromatic rings. The summed E-state index contributed by atoms with van der Waals surface area (Å²) >= 11 is 0. The highest BCUT2D eigenvalue weighted by Crippen LogP contribution is 2.53. The van der Waals surface area contributed by atoms with Gasteiger partial charge in [-0.25, -0.2) is 4.79 Å². The van der Waals surface area contributed by atoms with Gasteiger partial charge in [-0.05, 0) is 55.0 Å². The van der Waals surface area contributed by atoms with Gasteiger partial charge in [0.2, 0.25) is 5.91 Å². The largest absolute Gasteiger partial charge is 0.496 e. The summed E-state index contributed by atoms with van der Waals surface area (Å²) in [6.45, 7) is 4.10. The maximum Gasteiger partial charge on any atom is 0.415 e. The number of methoxy groups -OCH3 is 1. The molecule has 5 rings (SSSR count). The van der Waals surface area contributed by atoms with Gasteiger partial charge < -0.3 is 24.4 Å². The van der Waals surface area contributed by atoms with E-state index in [0.29, 0.717) is 32.1 Å². The molecule has 7 nitrogen and oxygen atoms in total. The molecule has 1 aliphatic carbocycles. The molecule has 7 heteroatoms. The summed E-state index contributed by atoms with van der Waals surface area (Å²) in [5, 5.41) is 3.21. The van der Waals surface area contributed by atoms with Gasteiger partial charge in [-0.3, -0.25) is 4.79 Å². The van der Waals surface area contributed by atoms with Crippen LogP contribution in [0.3, 0.4) is 0 Å². The molecule has 35 heavy (non-hydrogen) atoms. The number of benzene rings is 2. The van der Waals surface area contributed by atoms with Crippen molar-refractivity contribution in [3.8, 4) is 11.5 Å². The predicted octanol–water partition coefficient (Wildman–Crippen LogP) is 5.04. The number of amides is 2. The lowest BCUT2D eigenvalue weighted by atomic mass is 9.64. The van der Waals surface area contributed by atoms with Crippen LogP contribution in [0, 0.1) is 12.8 Å². The van der Waals surface area contributed by atoms with E-state index in [1.54, 1.807) is 12.0 Å². The van der Waals surface area contributed by atoms with Crippen molar-refractivity contribution in [3.63, 3.8) is 0 Å². The summed E-state index contributed by atoms with van der Waals surface area (Å²) in [6, 6.07) is 11.6. The van der Waals surface area contributed by atoms with Crippen LogP contribution in [0.25, 0.3) is 0 Å². The van der Waals surface area contributed by atoms with Crippen molar-refractivity contribution in [2.75, 3.05) is 38.7 Å². The lowest BCUT2D eigenvalue weighted by Gasteiger charge is -2.36. The molecule has 0 aromatic heterocycles. The van der Waals surface area contributed by atoms with Gasteiger partial charge in [-0.1, -0.05) is 43.9 Å². The van der Waals surface area contributed by atoms with Gasteiger partial charge in [-0.15, -0.1) is 0 Å². The average Bonchev–Trinajstić information content (AvgIpc) is 3.03. The highest BCUT2D eigenvalue weighted by molar-refractivity contribution is 6.10. The van der Waals surface area contributed by atoms with E-state index >= 15 is 0 Å². The zero-order chi connectivity index (χ0) is 24.4. The zero-order valence-electron chi connectivity index (χ0n) is 20.6. The smallest absolute Gasteiger partial charge is 0.415 e. The number of hydrogen-bond donors (Lipinski definition) is 1. The molecule has 2 aromatic carbocycles. The number of hydrogen-bond acceptors (Lipinski definition) is 5. The maximum atomic E-state index is 13.9. The van der Waals surface area contributed by atoms with Crippen LogP contribution in [-0.2, 0) is 14.9 Å². The van der Waals surface area contributed by atoms with Crippen LogP contribution in [0.4, 0.5) is 10.5 Å². The zero-order valence-corrected chi connectivity index (χ0v) is 20.6. The third-order valence-corrected chi connectivity index (χ3v) is 7.91. The van der Waals surface area contributed by atoms with Crippen LogP contribution in [0.2, 0.25) is 0 Å². The van der Waals surface area contributed by atoms with Crippen molar-refractivity contribution < 1.29 is 23.8 Å². The topological polar surface area (TPSA) is 77.1 Å². The minimum absolute atomic E-state index is 0.0221. The molecular weight excluding hydrogens is 444 g/mol. The molecule has 1 atom stereocenters. The predicted molar refractivity (Wildman–Crippen MR) is 133 cm³/mol. The van der Waals surface area contributed by atoms with E-state index in [1.165, 1.54) is 12.8 Å². The molecule has 1 saturated heterocycles. The first kappa shape index (κ1) is 23.7. The SMILES string of the molecule is COc1ccc2c(c1C)NC(=O)C2(c1ccc(OC(=O)N2CCOCC2)cc1)C1CCCCCC1. The van der Waals surface area contributed by atoms with Crippen LogP contribution in [0.5, 0.6) is 11.5 Å². The van der Waals surface area contributed by atoms with Gasteiger partial charge in [0.1, 0.15) is 16.9 Å². The summed E-state index contributed by atoms with van der Waals surface area (Å²) in [5.74, 6) is 1.46. The normalized spacial score (nSPS) is 22.8. The number of rotatable bonds is 4. The van der Waals surface area contributed by atoms with E-state index in [2.05, 4.69) is 11.4 Å². The fourth-order valence-corrected chi connectivity index (χ4v) is 6.07. The molecular formula is C28H34N2O5. The fraction of sp³-hybridized carbons (Fsp3) is 0.500. The van der Waals surface area contributed by atoms with Crippen molar-refractivity contribution in [1.29, 1.82) is 0 Å². The Kier molecular flexibility index (Phi) is 6.69. The first-order chi connectivity index (χ1) is 17.1. The van der Waals surface area contributed by atoms with Crippen molar-refractivity contribution >= 4 is 17.7 Å². The van der Waals surface area contributed by atoms with Crippen LogP contribution in [-0.4, -0.2) is 50.3 Å². The van der Waals surface area contributed by atoms with Crippen molar-refractivity contribution in [2.45, 2.75) is 50.9 Å². The number of morpholine rings is 1. The van der Waals surface area contributed by atoms with Gasteiger partial charge in [0, 0.05) is 18.7 Å². The van der Waals surface area contributed by atoms with Gasteiger partial charge >= 0.3 is 6.09 Å². The van der Waals surface area contributed by atoms with E-state index < -0.39 is 5.41 Å². The molecule has 1 saturated carbocycles. The molecule has 3 aliphatic rings. The number of carbonyl (C=O) groups excluding carboxylic acids is 2. The second kappa shape index (κ2) is 9.90.